The summed E-state index contributed by atoms with van der Waals surface area (Å²) in [4.78, 5) is 4.10. The van der Waals surface area contributed by atoms with Gasteiger partial charge < -0.3 is 14.9 Å². The van der Waals surface area contributed by atoms with E-state index < -0.39 is 5.54 Å². The van der Waals surface area contributed by atoms with Crippen LogP contribution in [0.15, 0.2) is 29.3 Å². The fraction of sp³-hybridized carbons (Fsp3) is 0.357. The number of aliphatic imine (C=N–C) groups is 1. The molecule has 2 N–H and O–H groups in total. The number of allylic oxidation sites excluding steroid dienone is 1. The zero-order valence-corrected chi connectivity index (χ0v) is 11.8. The summed E-state index contributed by atoms with van der Waals surface area (Å²) in [5.74, 6) is 0.709. The van der Waals surface area contributed by atoms with Crippen molar-refractivity contribution >= 4 is 23.9 Å². The number of nitrogens with zero attached hydrogens (tertiary/aromatic N) is 1. The van der Waals surface area contributed by atoms with Crippen molar-refractivity contribution in [3.05, 3.63) is 34.9 Å². The Morgan fingerprint density at radius 1 is 1.37 bits per heavy atom. The zero-order valence-electron chi connectivity index (χ0n) is 11.0. The van der Waals surface area contributed by atoms with Gasteiger partial charge in [-0.3, -0.25) is 4.99 Å². The standard InChI is InChI=1S/C14H18ClNO3/c1-14(9-17,10-18)16-7-3-4-11-8-12(15)5-6-13(11)19-2/h3-8,17-18H,9-10H2,1-2H3/b4-3+,16-7?. The molecule has 0 heterocycles. The van der Waals surface area contributed by atoms with Crippen molar-refractivity contribution in [1.29, 1.82) is 0 Å². The van der Waals surface area contributed by atoms with Crippen molar-refractivity contribution in [3.63, 3.8) is 0 Å². The van der Waals surface area contributed by atoms with Crippen LogP contribution in [0.2, 0.25) is 5.02 Å². The highest BCUT2D eigenvalue weighted by molar-refractivity contribution is 6.30. The highest BCUT2D eigenvalue weighted by Crippen LogP contribution is 2.23. The lowest BCUT2D eigenvalue weighted by Crippen LogP contribution is -2.31. The molecule has 0 fully saturated rings. The number of benzene rings is 1. The van der Waals surface area contributed by atoms with Crippen LogP contribution >= 0.6 is 11.6 Å². The molecule has 4 nitrogen and oxygen atoms in total. The van der Waals surface area contributed by atoms with Crippen LogP contribution in [0, 0.1) is 0 Å². The number of hydrogen-bond donors (Lipinski definition) is 2. The smallest absolute Gasteiger partial charge is 0.126 e. The SMILES string of the molecule is COc1ccc(Cl)cc1/C=C/C=NC(C)(CO)CO. The maximum absolute atomic E-state index is 9.08. The number of aliphatic hydroxyl groups excluding tert-OH is 2. The number of hydrogen-bond acceptors (Lipinski definition) is 4. The summed E-state index contributed by atoms with van der Waals surface area (Å²) in [6.45, 7) is 1.24. The van der Waals surface area contributed by atoms with Crippen molar-refractivity contribution in [2.24, 2.45) is 4.99 Å². The van der Waals surface area contributed by atoms with E-state index in [1.807, 2.05) is 0 Å². The van der Waals surface area contributed by atoms with Gasteiger partial charge in [0.2, 0.25) is 0 Å². The first-order valence-corrected chi connectivity index (χ1v) is 6.19. The maximum atomic E-state index is 9.08. The lowest BCUT2D eigenvalue weighted by atomic mass is 10.1. The predicted molar refractivity (Wildman–Crippen MR) is 78.1 cm³/mol. The van der Waals surface area contributed by atoms with E-state index in [1.165, 1.54) is 6.21 Å². The molecule has 0 aliphatic rings. The van der Waals surface area contributed by atoms with Gasteiger partial charge in [0.05, 0.1) is 20.3 Å². The Bertz CT molecular complexity index is 468. The van der Waals surface area contributed by atoms with Crippen LogP contribution in [0.25, 0.3) is 6.08 Å². The monoisotopic (exact) mass is 283 g/mol. The molecule has 19 heavy (non-hydrogen) atoms. The van der Waals surface area contributed by atoms with Crippen LogP contribution in [0.3, 0.4) is 0 Å². The second-order valence-electron chi connectivity index (χ2n) is 4.34. The maximum Gasteiger partial charge on any atom is 0.126 e. The van der Waals surface area contributed by atoms with Gasteiger partial charge in [-0.05, 0) is 37.3 Å². The van der Waals surface area contributed by atoms with Gasteiger partial charge in [0.1, 0.15) is 11.3 Å². The number of ether oxygens (including phenoxy) is 1. The minimum atomic E-state index is -0.858. The summed E-state index contributed by atoms with van der Waals surface area (Å²) in [5, 5.41) is 18.8. The Hall–Kier alpha value is -1.36. The van der Waals surface area contributed by atoms with Crippen molar-refractivity contribution < 1.29 is 14.9 Å². The Labute approximate surface area is 118 Å². The molecule has 104 valence electrons. The van der Waals surface area contributed by atoms with Crippen LogP contribution in [0.5, 0.6) is 5.75 Å². The Morgan fingerprint density at radius 3 is 2.63 bits per heavy atom. The third-order valence-corrected chi connectivity index (χ3v) is 2.86. The van der Waals surface area contributed by atoms with Crippen LogP contribution in [0.1, 0.15) is 12.5 Å². The molecule has 1 aromatic rings. The van der Waals surface area contributed by atoms with Crippen molar-refractivity contribution in [1.82, 2.24) is 0 Å². The minimum Gasteiger partial charge on any atom is -0.496 e. The highest BCUT2D eigenvalue weighted by atomic mass is 35.5. The number of methoxy groups -OCH3 is 1. The average Bonchev–Trinajstić information content (AvgIpc) is 2.43. The second-order valence-corrected chi connectivity index (χ2v) is 4.77. The third-order valence-electron chi connectivity index (χ3n) is 2.62. The molecule has 1 aromatic carbocycles. The number of halogens is 1. The lowest BCUT2D eigenvalue weighted by molar-refractivity contribution is 0.136. The molecule has 0 spiro atoms. The summed E-state index contributed by atoms with van der Waals surface area (Å²) >= 11 is 5.91. The summed E-state index contributed by atoms with van der Waals surface area (Å²) in [6.07, 6.45) is 5.04. The van der Waals surface area contributed by atoms with Gasteiger partial charge in [-0.15, -0.1) is 0 Å². The molecule has 0 amide bonds. The Balaban J connectivity index is 2.82. The zero-order chi connectivity index (χ0) is 14.3. The lowest BCUT2D eigenvalue weighted by Gasteiger charge is -2.18. The summed E-state index contributed by atoms with van der Waals surface area (Å²) < 4.78 is 5.21. The van der Waals surface area contributed by atoms with Gasteiger partial charge in [0.25, 0.3) is 0 Å². The topological polar surface area (TPSA) is 62.0 Å². The fourth-order valence-electron chi connectivity index (χ4n) is 1.34. The van der Waals surface area contributed by atoms with Crippen molar-refractivity contribution in [3.8, 4) is 5.75 Å². The summed E-state index contributed by atoms with van der Waals surface area (Å²) in [5.41, 5.74) is -0.0286. The second kappa shape index (κ2) is 7.28. The fourth-order valence-corrected chi connectivity index (χ4v) is 1.52. The largest absolute Gasteiger partial charge is 0.496 e. The molecule has 0 aromatic heterocycles. The first kappa shape index (κ1) is 15.7. The first-order chi connectivity index (χ1) is 9.04. The van der Waals surface area contributed by atoms with E-state index in [2.05, 4.69) is 4.99 Å². The molecular weight excluding hydrogens is 266 g/mol. The molecule has 0 bridgehead atoms. The van der Waals surface area contributed by atoms with Crippen molar-refractivity contribution in [2.75, 3.05) is 20.3 Å². The molecule has 0 unspecified atom stereocenters. The van der Waals surface area contributed by atoms with E-state index in [9.17, 15) is 0 Å². The number of rotatable bonds is 6. The molecule has 5 heteroatoms. The molecular formula is C14H18ClNO3. The van der Waals surface area contributed by atoms with Gasteiger partial charge in [0.15, 0.2) is 0 Å². The summed E-state index contributed by atoms with van der Waals surface area (Å²) in [6, 6.07) is 5.31. The van der Waals surface area contributed by atoms with Gasteiger partial charge in [-0.25, -0.2) is 0 Å². The molecule has 0 radical (unpaired) electrons. The normalized spacial score (nSPS) is 12.5. The molecule has 0 saturated carbocycles. The Kier molecular flexibility index (Phi) is 6.02. The minimum absolute atomic E-state index is 0.214. The summed E-state index contributed by atoms with van der Waals surface area (Å²) in [7, 11) is 1.59. The van der Waals surface area contributed by atoms with Crippen LogP contribution < -0.4 is 4.74 Å². The van der Waals surface area contributed by atoms with Crippen LogP contribution in [0.4, 0.5) is 0 Å². The molecule has 1 rings (SSSR count). The van der Waals surface area contributed by atoms with E-state index >= 15 is 0 Å². The molecule has 0 aliphatic carbocycles. The van der Waals surface area contributed by atoms with E-state index in [0.717, 1.165) is 5.56 Å². The highest BCUT2D eigenvalue weighted by Gasteiger charge is 2.19. The predicted octanol–water partition coefficient (Wildman–Crippen LogP) is 2.18. The van der Waals surface area contributed by atoms with Gasteiger partial charge in [0, 0.05) is 16.8 Å². The van der Waals surface area contributed by atoms with E-state index in [1.54, 1.807) is 44.4 Å². The van der Waals surface area contributed by atoms with E-state index in [0.29, 0.717) is 10.8 Å². The molecule has 0 atom stereocenters. The number of aliphatic hydroxyl groups is 2. The first-order valence-electron chi connectivity index (χ1n) is 5.82. The average molecular weight is 284 g/mol. The van der Waals surface area contributed by atoms with Crippen LogP contribution in [-0.4, -0.2) is 42.3 Å². The quantitative estimate of drug-likeness (QED) is 0.787. The van der Waals surface area contributed by atoms with Crippen LogP contribution in [-0.2, 0) is 0 Å². The van der Waals surface area contributed by atoms with E-state index in [4.69, 9.17) is 26.6 Å². The Morgan fingerprint density at radius 2 is 2.05 bits per heavy atom. The van der Waals surface area contributed by atoms with E-state index in [-0.39, 0.29) is 13.2 Å². The van der Waals surface area contributed by atoms with Gasteiger partial charge in [-0.1, -0.05) is 11.6 Å². The molecule has 0 aliphatic heterocycles. The molecule has 0 saturated heterocycles. The third kappa shape index (κ3) is 4.67. The van der Waals surface area contributed by atoms with Crippen molar-refractivity contribution in [2.45, 2.75) is 12.5 Å². The van der Waals surface area contributed by atoms with Gasteiger partial charge >= 0.3 is 0 Å². The van der Waals surface area contributed by atoms with Gasteiger partial charge in [-0.2, -0.15) is 0 Å².